The van der Waals surface area contributed by atoms with Crippen molar-refractivity contribution in [2.24, 2.45) is 0 Å². The van der Waals surface area contributed by atoms with E-state index in [-0.39, 0.29) is 9.88 Å². The molecule has 0 N–H and O–H groups in total. The van der Waals surface area contributed by atoms with Gasteiger partial charge in [-0.25, -0.2) is 8.42 Å². The zero-order valence-corrected chi connectivity index (χ0v) is 13.7. The summed E-state index contributed by atoms with van der Waals surface area (Å²) >= 11 is 0.662. The minimum atomic E-state index is -4.62. The Balaban J connectivity index is 2.43. The van der Waals surface area contributed by atoms with Gasteiger partial charge in [-0.05, 0) is 36.4 Å². The van der Waals surface area contributed by atoms with Gasteiger partial charge in [0, 0.05) is 10.9 Å². The van der Waals surface area contributed by atoms with Gasteiger partial charge in [-0.15, -0.1) is 0 Å². The molecule has 0 aliphatic carbocycles. The fourth-order valence-corrected chi connectivity index (χ4v) is 3.76. The lowest BCUT2D eigenvalue weighted by molar-refractivity contribution is -0.380. The van der Waals surface area contributed by atoms with Gasteiger partial charge in [0.2, 0.25) is 9.84 Å². The number of allylic oxidation sites excluding steroid dienone is 1. The lowest BCUT2D eigenvalue weighted by Gasteiger charge is -2.07. The highest BCUT2D eigenvalue weighted by atomic mass is 32.2. The molecule has 0 aliphatic heterocycles. The summed E-state index contributed by atoms with van der Waals surface area (Å²) in [5.74, 6) is 0. The van der Waals surface area contributed by atoms with Crippen LogP contribution in [0.2, 0.25) is 0 Å². The fraction of sp³-hybridized carbons (Fsp3) is 0.0714. The highest BCUT2D eigenvalue weighted by Crippen LogP contribution is 2.32. The Bertz CT molecular complexity index is 984. The van der Waals surface area contributed by atoms with Crippen LogP contribution in [0, 0.1) is 21.4 Å². The summed E-state index contributed by atoms with van der Waals surface area (Å²) in [5, 5.41) is 19.5. The quantitative estimate of drug-likeness (QED) is 0.447. The van der Waals surface area contributed by atoms with Crippen LogP contribution in [-0.2, 0) is 16.0 Å². The van der Waals surface area contributed by atoms with E-state index >= 15 is 0 Å². The van der Waals surface area contributed by atoms with Crippen molar-refractivity contribution >= 4 is 32.3 Å². The fourth-order valence-electron chi connectivity index (χ4n) is 1.77. The number of sulfone groups is 1. The van der Waals surface area contributed by atoms with Crippen LogP contribution in [0.15, 0.2) is 46.2 Å². The van der Waals surface area contributed by atoms with Gasteiger partial charge < -0.3 is 0 Å². The first-order chi connectivity index (χ1) is 11.6. The molecule has 0 aliphatic rings. The topological polar surface area (TPSA) is 101 Å². The van der Waals surface area contributed by atoms with Crippen molar-refractivity contribution in [1.29, 1.82) is 5.26 Å². The molecule has 0 spiro atoms. The van der Waals surface area contributed by atoms with Gasteiger partial charge in [0.15, 0.2) is 4.91 Å². The van der Waals surface area contributed by atoms with Crippen LogP contribution in [0.25, 0.3) is 6.08 Å². The van der Waals surface area contributed by atoms with Gasteiger partial charge in [-0.1, -0.05) is 11.3 Å². The predicted octanol–water partition coefficient (Wildman–Crippen LogP) is 4.01. The maximum Gasteiger partial charge on any atom is 0.416 e. The number of hydrogen-bond donors (Lipinski definition) is 0. The van der Waals surface area contributed by atoms with Gasteiger partial charge >= 0.3 is 11.2 Å². The second-order valence-electron chi connectivity index (χ2n) is 4.58. The van der Waals surface area contributed by atoms with Gasteiger partial charge in [0.05, 0.1) is 15.4 Å². The Morgan fingerprint density at radius 2 is 1.80 bits per heavy atom. The number of nitro groups is 1. The van der Waals surface area contributed by atoms with Gasteiger partial charge in [-0.3, -0.25) is 10.1 Å². The Morgan fingerprint density at radius 3 is 2.24 bits per heavy atom. The molecule has 0 saturated carbocycles. The number of rotatable bonds is 4. The zero-order valence-electron chi connectivity index (χ0n) is 12.0. The average molecular weight is 388 g/mol. The summed E-state index contributed by atoms with van der Waals surface area (Å²) < 4.78 is 62.3. The lowest BCUT2D eigenvalue weighted by Crippen LogP contribution is -2.07. The number of benzene rings is 1. The van der Waals surface area contributed by atoms with Crippen molar-refractivity contribution in [2.45, 2.75) is 11.1 Å². The van der Waals surface area contributed by atoms with E-state index in [1.807, 2.05) is 0 Å². The number of nitrogens with zero attached hydrogens (tertiary/aromatic N) is 2. The van der Waals surface area contributed by atoms with Crippen LogP contribution in [0.4, 0.5) is 18.2 Å². The molecular formula is C14H7F3N2O4S2. The molecular weight excluding hydrogens is 381 g/mol. The maximum atomic E-state index is 12.5. The Morgan fingerprint density at radius 1 is 1.20 bits per heavy atom. The Hall–Kier alpha value is -2.71. The van der Waals surface area contributed by atoms with Crippen molar-refractivity contribution in [1.82, 2.24) is 0 Å². The second kappa shape index (κ2) is 6.66. The summed E-state index contributed by atoms with van der Waals surface area (Å²) in [6.07, 6.45) is -3.68. The third-order valence-corrected chi connectivity index (χ3v) is 5.62. The van der Waals surface area contributed by atoms with Crippen LogP contribution in [0.5, 0.6) is 0 Å². The van der Waals surface area contributed by atoms with Crippen molar-refractivity contribution in [2.75, 3.05) is 0 Å². The molecule has 0 amide bonds. The Labute approximate surface area is 143 Å². The standard InChI is InChI=1S/C14H7F3N2O4S2/c15-14(16,17)9-1-4-11(5-2-9)25(22,23)12(8-18)7-10-3-6-13(24-10)19(20)21/h1-7H/b12-7+. The van der Waals surface area contributed by atoms with Crippen LogP contribution >= 0.6 is 11.3 Å². The summed E-state index contributed by atoms with van der Waals surface area (Å²) in [6, 6.07) is 6.57. The average Bonchev–Trinajstić information content (AvgIpc) is 3.00. The molecule has 0 bridgehead atoms. The van der Waals surface area contributed by atoms with E-state index in [1.54, 1.807) is 0 Å². The predicted molar refractivity (Wildman–Crippen MR) is 83.2 cm³/mol. The molecule has 1 heterocycles. The molecule has 1 aromatic carbocycles. The van der Waals surface area contributed by atoms with Crippen molar-refractivity contribution < 1.29 is 26.5 Å². The third kappa shape index (κ3) is 4.04. The third-order valence-electron chi connectivity index (χ3n) is 2.96. The smallest absolute Gasteiger partial charge is 0.258 e. The molecule has 0 radical (unpaired) electrons. The molecule has 25 heavy (non-hydrogen) atoms. The number of halogens is 3. The molecule has 130 valence electrons. The van der Waals surface area contributed by atoms with E-state index in [2.05, 4.69) is 0 Å². The molecule has 0 unspecified atom stereocenters. The molecule has 0 fully saturated rings. The van der Waals surface area contributed by atoms with E-state index in [4.69, 9.17) is 5.26 Å². The summed E-state index contributed by atoms with van der Waals surface area (Å²) in [7, 11) is -4.35. The van der Waals surface area contributed by atoms with E-state index in [0.717, 1.165) is 24.3 Å². The van der Waals surface area contributed by atoms with E-state index < -0.39 is 36.3 Å². The first-order valence-electron chi connectivity index (χ1n) is 6.34. The monoisotopic (exact) mass is 388 g/mol. The van der Waals surface area contributed by atoms with Gasteiger partial charge in [0.1, 0.15) is 6.07 Å². The SMILES string of the molecule is N#C/C(=C\c1ccc([N+](=O)[O-])s1)S(=O)(=O)c1ccc(C(F)(F)F)cc1. The van der Waals surface area contributed by atoms with Gasteiger partial charge in [0.25, 0.3) is 0 Å². The first-order valence-corrected chi connectivity index (χ1v) is 8.64. The largest absolute Gasteiger partial charge is 0.416 e. The molecule has 1 aromatic heterocycles. The summed E-state index contributed by atoms with van der Waals surface area (Å²) in [4.78, 5) is 8.89. The summed E-state index contributed by atoms with van der Waals surface area (Å²) in [6.45, 7) is 0. The molecule has 0 atom stereocenters. The highest BCUT2D eigenvalue weighted by molar-refractivity contribution is 7.95. The molecule has 11 heteroatoms. The highest BCUT2D eigenvalue weighted by Gasteiger charge is 2.31. The van der Waals surface area contributed by atoms with Crippen LogP contribution in [0.1, 0.15) is 10.4 Å². The van der Waals surface area contributed by atoms with E-state index in [0.29, 0.717) is 23.5 Å². The van der Waals surface area contributed by atoms with E-state index in [1.165, 1.54) is 12.1 Å². The number of alkyl halides is 3. The molecule has 2 rings (SSSR count). The maximum absolute atomic E-state index is 12.5. The van der Waals surface area contributed by atoms with Crippen LogP contribution < -0.4 is 0 Å². The molecule has 0 saturated heterocycles. The van der Waals surface area contributed by atoms with Crippen molar-refractivity contribution in [3.8, 4) is 6.07 Å². The van der Waals surface area contributed by atoms with Crippen LogP contribution in [0.3, 0.4) is 0 Å². The first kappa shape index (κ1) is 18.6. The molecule has 2 aromatic rings. The van der Waals surface area contributed by atoms with Crippen molar-refractivity contribution in [3.63, 3.8) is 0 Å². The second-order valence-corrected chi connectivity index (χ2v) is 7.59. The summed E-state index contributed by atoms with van der Waals surface area (Å²) in [5.41, 5.74) is -1.03. The van der Waals surface area contributed by atoms with E-state index in [9.17, 15) is 31.7 Å². The molecule has 6 nitrogen and oxygen atoms in total. The van der Waals surface area contributed by atoms with Crippen LogP contribution in [-0.4, -0.2) is 13.3 Å². The minimum absolute atomic E-state index is 0.152. The lowest BCUT2D eigenvalue weighted by atomic mass is 10.2. The Kier molecular flexibility index (Phi) is 4.96. The minimum Gasteiger partial charge on any atom is -0.258 e. The van der Waals surface area contributed by atoms with Crippen molar-refractivity contribution in [3.05, 3.63) is 61.9 Å². The number of nitriles is 1. The number of thiophene rings is 1. The van der Waals surface area contributed by atoms with Gasteiger partial charge in [-0.2, -0.15) is 18.4 Å². The number of hydrogen-bond acceptors (Lipinski definition) is 6. The normalized spacial score (nSPS) is 12.6. The zero-order chi connectivity index (χ0) is 18.8.